The third-order valence-corrected chi connectivity index (χ3v) is 6.39. The second kappa shape index (κ2) is 6.37. The van der Waals surface area contributed by atoms with Crippen LogP contribution >= 0.6 is 0 Å². The molecule has 28 heavy (non-hydrogen) atoms. The lowest BCUT2D eigenvalue weighted by Crippen LogP contribution is -2.64. The highest BCUT2D eigenvalue weighted by atomic mass is 19.4. The van der Waals surface area contributed by atoms with Gasteiger partial charge in [0, 0.05) is 31.2 Å². The van der Waals surface area contributed by atoms with Gasteiger partial charge in [-0.25, -0.2) is 0 Å². The minimum atomic E-state index is -4.42. The van der Waals surface area contributed by atoms with E-state index in [0.29, 0.717) is 17.4 Å². The summed E-state index contributed by atoms with van der Waals surface area (Å²) in [4.78, 5) is 15.2. The third kappa shape index (κ3) is 3.11. The van der Waals surface area contributed by atoms with Crippen molar-refractivity contribution in [2.45, 2.75) is 25.1 Å². The molecule has 7 heteroatoms. The monoisotopic (exact) mass is 390 g/mol. The predicted octanol–water partition coefficient (Wildman–Crippen LogP) is 4.04. The summed E-state index contributed by atoms with van der Waals surface area (Å²) < 4.78 is 44.4. The van der Waals surface area contributed by atoms with Crippen molar-refractivity contribution in [1.82, 2.24) is 10.2 Å². The van der Waals surface area contributed by atoms with E-state index in [4.69, 9.17) is 4.42 Å². The number of alkyl halides is 3. The molecule has 1 N–H and O–H groups in total. The van der Waals surface area contributed by atoms with Gasteiger partial charge in [0.15, 0.2) is 5.76 Å². The highest BCUT2D eigenvalue weighted by molar-refractivity contribution is 5.92. The number of piperidine rings is 3. The van der Waals surface area contributed by atoms with Crippen LogP contribution in [0.15, 0.2) is 40.8 Å². The van der Waals surface area contributed by atoms with Crippen molar-refractivity contribution in [3.8, 4) is 11.3 Å². The van der Waals surface area contributed by atoms with E-state index in [1.165, 1.54) is 18.7 Å². The molecule has 148 valence electrons. The molecule has 4 aliphatic rings. The Morgan fingerprint density at radius 2 is 1.82 bits per heavy atom. The quantitative estimate of drug-likeness (QED) is 0.861. The molecular formula is C21H21F3N2O2. The van der Waals surface area contributed by atoms with E-state index in [1.807, 2.05) is 0 Å². The predicted molar refractivity (Wildman–Crippen MR) is 96.5 cm³/mol. The summed E-state index contributed by atoms with van der Waals surface area (Å²) in [5.74, 6) is 1.82. The average Bonchev–Trinajstić information content (AvgIpc) is 3.14. The first kappa shape index (κ1) is 17.8. The summed E-state index contributed by atoms with van der Waals surface area (Å²) in [6.45, 7) is 3.25. The van der Waals surface area contributed by atoms with Crippen molar-refractivity contribution in [2.24, 2.45) is 17.8 Å². The topological polar surface area (TPSA) is 45.5 Å². The van der Waals surface area contributed by atoms with E-state index in [9.17, 15) is 18.0 Å². The maximum atomic E-state index is 12.9. The third-order valence-electron chi connectivity index (χ3n) is 6.39. The van der Waals surface area contributed by atoms with Gasteiger partial charge in [-0.05, 0) is 54.9 Å². The van der Waals surface area contributed by atoms with Gasteiger partial charge >= 0.3 is 6.18 Å². The molecule has 1 saturated carbocycles. The van der Waals surface area contributed by atoms with Gasteiger partial charge in [-0.1, -0.05) is 12.1 Å². The Hall–Kier alpha value is -2.28. The van der Waals surface area contributed by atoms with Crippen molar-refractivity contribution < 1.29 is 22.4 Å². The SMILES string of the molecule is O=C(NC1C2CC3CC1CN(C3)C2)c1ccc(-c2cccc(C(F)(F)F)c2)o1. The fraction of sp³-hybridized carbons (Fsp3) is 0.476. The van der Waals surface area contributed by atoms with Crippen molar-refractivity contribution >= 4 is 5.91 Å². The van der Waals surface area contributed by atoms with E-state index in [2.05, 4.69) is 10.2 Å². The minimum Gasteiger partial charge on any atom is -0.451 e. The van der Waals surface area contributed by atoms with Crippen LogP contribution in [0.1, 0.15) is 29.0 Å². The molecular weight excluding hydrogens is 369 g/mol. The molecule has 0 spiro atoms. The number of furan rings is 1. The number of benzene rings is 1. The highest BCUT2D eigenvalue weighted by Gasteiger charge is 2.48. The van der Waals surface area contributed by atoms with Gasteiger partial charge in [0.05, 0.1) is 5.56 Å². The lowest BCUT2D eigenvalue weighted by molar-refractivity contribution is -0.137. The van der Waals surface area contributed by atoms with Crippen LogP contribution in [0.3, 0.4) is 0 Å². The van der Waals surface area contributed by atoms with Crippen LogP contribution in [0.5, 0.6) is 0 Å². The maximum Gasteiger partial charge on any atom is 0.416 e. The Balaban J connectivity index is 1.32. The van der Waals surface area contributed by atoms with Crippen LogP contribution in [0.2, 0.25) is 0 Å². The fourth-order valence-corrected chi connectivity index (χ4v) is 5.33. The highest BCUT2D eigenvalue weighted by Crippen LogP contribution is 2.43. The second-order valence-corrected chi connectivity index (χ2v) is 8.32. The number of nitrogens with one attached hydrogen (secondary N) is 1. The molecule has 4 bridgehead atoms. The zero-order valence-corrected chi connectivity index (χ0v) is 15.2. The summed E-state index contributed by atoms with van der Waals surface area (Å²) in [5, 5.41) is 3.14. The van der Waals surface area contributed by atoms with Crippen molar-refractivity contribution in [2.75, 3.05) is 19.6 Å². The maximum absolute atomic E-state index is 12.9. The van der Waals surface area contributed by atoms with Crippen molar-refractivity contribution in [1.29, 1.82) is 0 Å². The molecule has 2 unspecified atom stereocenters. The van der Waals surface area contributed by atoms with Gasteiger partial charge in [0.2, 0.25) is 0 Å². The first-order chi connectivity index (χ1) is 13.4. The van der Waals surface area contributed by atoms with Crippen molar-refractivity contribution in [3.63, 3.8) is 0 Å². The number of nitrogens with zero attached hydrogens (tertiary/aromatic N) is 1. The summed E-state index contributed by atoms with van der Waals surface area (Å²) >= 11 is 0. The van der Waals surface area contributed by atoms with Gasteiger partial charge < -0.3 is 14.6 Å². The number of hydrogen-bond donors (Lipinski definition) is 1. The average molecular weight is 390 g/mol. The fourth-order valence-electron chi connectivity index (χ4n) is 5.33. The molecule has 4 nitrogen and oxygen atoms in total. The van der Waals surface area contributed by atoms with E-state index < -0.39 is 11.7 Å². The zero-order chi connectivity index (χ0) is 19.5. The summed E-state index contributed by atoms with van der Waals surface area (Å²) in [7, 11) is 0. The van der Waals surface area contributed by atoms with Crippen LogP contribution < -0.4 is 5.32 Å². The Labute approximate surface area is 160 Å². The number of hydrogen-bond acceptors (Lipinski definition) is 3. The first-order valence-corrected chi connectivity index (χ1v) is 9.67. The molecule has 4 fully saturated rings. The summed E-state index contributed by atoms with van der Waals surface area (Å²) in [6, 6.07) is 8.17. The molecule has 1 aliphatic carbocycles. The van der Waals surface area contributed by atoms with Gasteiger partial charge in [0.1, 0.15) is 5.76 Å². The molecule has 1 amide bonds. The minimum absolute atomic E-state index is 0.140. The molecule has 2 atom stereocenters. The summed E-state index contributed by atoms with van der Waals surface area (Å²) in [5.41, 5.74) is -0.438. The van der Waals surface area contributed by atoms with E-state index in [0.717, 1.165) is 44.0 Å². The van der Waals surface area contributed by atoms with E-state index in [1.54, 1.807) is 12.1 Å². The van der Waals surface area contributed by atoms with Gasteiger partial charge in [-0.15, -0.1) is 0 Å². The zero-order valence-electron chi connectivity index (χ0n) is 15.2. The van der Waals surface area contributed by atoms with E-state index in [-0.39, 0.29) is 23.5 Å². The summed E-state index contributed by atoms with van der Waals surface area (Å²) in [6.07, 6.45) is -2.10. The Morgan fingerprint density at radius 1 is 1.07 bits per heavy atom. The molecule has 3 aliphatic heterocycles. The molecule has 2 aromatic rings. The number of carbonyl (C=O) groups is 1. The molecule has 0 radical (unpaired) electrons. The normalized spacial score (nSPS) is 31.2. The van der Waals surface area contributed by atoms with Crippen molar-refractivity contribution in [3.05, 3.63) is 47.7 Å². The molecule has 3 saturated heterocycles. The lowest BCUT2D eigenvalue weighted by Gasteiger charge is -2.55. The lowest BCUT2D eigenvalue weighted by atomic mass is 9.65. The Morgan fingerprint density at radius 3 is 2.50 bits per heavy atom. The Kier molecular flexibility index (Phi) is 4.05. The molecule has 1 aromatic heterocycles. The molecule has 6 rings (SSSR count). The first-order valence-electron chi connectivity index (χ1n) is 9.67. The van der Waals surface area contributed by atoms with Crippen LogP contribution in [0.4, 0.5) is 13.2 Å². The molecule has 4 heterocycles. The van der Waals surface area contributed by atoms with Crippen LogP contribution in [0, 0.1) is 17.8 Å². The standard InChI is InChI=1S/C21H21F3N2O2/c22-21(23,24)16-3-1-2-13(8-16)17-4-5-18(28-17)20(27)25-19-14-6-12-7-15(19)11-26(9-12)10-14/h1-5,8,12,14-15,19H,6-7,9-11H2,(H,25,27). The smallest absolute Gasteiger partial charge is 0.416 e. The van der Waals surface area contributed by atoms with Crippen LogP contribution in [0.25, 0.3) is 11.3 Å². The second-order valence-electron chi connectivity index (χ2n) is 8.32. The van der Waals surface area contributed by atoms with Gasteiger partial charge in [-0.3, -0.25) is 4.79 Å². The number of carbonyl (C=O) groups excluding carboxylic acids is 1. The number of halogens is 3. The van der Waals surface area contributed by atoms with Gasteiger partial charge in [-0.2, -0.15) is 13.2 Å². The van der Waals surface area contributed by atoms with Crippen LogP contribution in [-0.2, 0) is 6.18 Å². The van der Waals surface area contributed by atoms with Crippen LogP contribution in [-0.4, -0.2) is 36.5 Å². The van der Waals surface area contributed by atoms with Gasteiger partial charge in [0.25, 0.3) is 5.91 Å². The molecule has 1 aromatic carbocycles. The number of amides is 1. The van der Waals surface area contributed by atoms with E-state index >= 15 is 0 Å². The Bertz CT molecular complexity index is 877. The number of rotatable bonds is 3. The largest absolute Gasteiger partial charge is 0.451 e.